The summed E-state index contributed by atoms with van der Waals surface area (Å²) in [6, 6.07) is 1.46. The first-order valence-corrected chi connectivity index (χ1v) is 6.11. The Morgan fingerprint density at radius 2 is 2.14 bits per heavy atom. The van der Waals surface area contributed by atoms with E-state index in [2.05, 4.69) is 37.9 Å². The molecule has 0 saturated carbocycles. The topological polar surface area (TPSA) is 15.3 Å². The van der Waals surface area contributed by atoms with Gasteiger partial charge in [0.2, 0.25) is 0 Å². The first-order chi connectivity index (χ1) is 6.63. The Morgan fingerprint density at radius 3 is 2.71 bits per heavy atom. The second-order valence-corrected chi connectivity index (χ2v) is 4.97. The smallest absolute Gasteiger partial charge is 0.00821 e. The molecule has 1 aliphatic heterocycles. The highest BCUT2D eigenvalue weighted by Gasteiger charge is 2.22. The fourth-order valence-corrected chi connectivity index (χ4v) is 2.43. The van der Waals surface area contributed by atoms with Crippen molar-refractivity contribution in [2.45, 2.75) is 52.6 Å². The average molecular weight is 198 g/mol. The molecule has 1 rings (SSSR count). The summed E-state index contributed by atoms with van der Waals surface area (Å²) in [7, 11) is 0. The van der Waals surface area contributed by atoms with Crippen molar-refractivity contribution >= 4 is 0 Å². The fourth-order valence-electron chi connectivity index (χ4n) is 2.43. The Kier molecular flexibility index (Phi) is 4.90. The Bertz CT molecular complexity index is 156. The van der Waals surface area contributed by atoms with Crippen molar-refractivity contribution in [1.82, 2.24) is 10.2 Å². The fraction of sp³-hybridized carbons (Fsp3) is 1.00. The van der Waals surface area contributed by atoms with E-state index in [-0.39, 0.29) is 0 Å². The predicted octanol–water partition coefficient (Wildman–Crippen LogP) is 2.10. The van der Waals surface area contributed by atoms with Gasteiger partial charge in [-0.2, -0.15) is 0 Å². The summed E-state index contributed by atoms with van der Waals surface area (Å²) in [5.41, 5.74) is 0. The number of nitrogens with one attached hydrogen (secondary N) is 1. The normalized spacial score (nSPS) is 30.6. The van der Waals surface area contributed by atoms with Crippen LogP contribution in [0.5, 0.6) is 0 Å². The van der Waals surface area contributed by atoms with Crippen molar-refractivity contribution in [3.63, 3.8) is 0 Å². The van der Waals surface area contributed by atoms with E-state index in [1.54, 1.807) is 0 Å². The minimum Gasteiger partial charge on any atom is -0.314 e. The summed E-state index contributed by atoms with van der Waals surface area (Å²) in [4.78, 5) is 2.61. The summed E-state index contributed by atoms with van der Waals surface area (Å²) in [6.45, 7) is 12.8. The van der Waals surface area contributed by atoms with E-state index in [9.17, 15) is 0 Å². The molecule has 84 valence electrons. The van der Waals surface area contributed by atoms with Gasteiger partial charge in [0.15, 0.2) is 0 Å². The van der Waals surface area contributed by atoms with Gasteiger partial charge in [-0.1, -0.05) is 13.8 Å². The maximum atomic E-state index is 3.59. The van der Waals surface area contributed by atoms with Crippen LogP contribution in [-0.4, -0.2) is 36.6 Å². The van der Waals surface area contributed by atoms with Gasteiger partial charge in [-0.3, -0.25) is 0 Å². The van der Waals surface area contributed by atoms with E-state index in [1.165, 1.54) is 25.9 Å². The number of nitrogens with zero attached hydrogens (tertiary/aromatic N) is 1. The lowest BCUT2D eigenvalue weighted by Crippen LogP contribution is -2.34. The maximum absolute atomic E-state index is 3.59. The summed E-state index contributed by atoms with van der Waals surface area (Å²) in [5, 5.41) is 3.59. The zero-order chi connectivity index (χ0) is 10.6. The van der Waals surface area contributed by atoms with E-state index in [4.69, 9.17) is 0 Å². The SMILES string of the molecule is CCNC1CCN(C(C)C)C[C@H](C)C1. The summed E-state index contributed by atoms with van der Waals surface area (Å²) in [5.74, 6) is 0.837. The molecule has 0 amide bonds. The number of rotatable bonds is 3. The van der Waals surface area contributed by atoms with E-state index in [0.717, 1.165) is 18.5 Å². The monoisotopic (exact) mass is 198 g/mol. The summed E-state index contributed by atoms with van der Waals surface area (Å²) >= 11 is 0. The van der Waals surface area contributed by atoms with Crippen LogP contribution in [0.15, 0.2) is 0 Å². The Morgan fingerprint density at radius 1 is 1.43 bits per heavy atom. The van der Waals surface area contributed by atoms with Crippen LogP contribution in [0.4, 0.5) is 0 Å². The molecule has 14 heavy (non-hydrogen) atoms. The van der Waals surface area contributed by atoms with Crippen LogP contribution >= 0.6 is 0 Å². The molecule has 0 aliphatic carbocycles. The van der Waals surface area contributed by atoms with Gasteiger partial charge in [-0.05, 0) is 45.7 Å². The van der Waals surface area contributed by atoms with Crippen molar-refractivity contribution in [2.75, 3.05) is 19.6 Å². The van der Waals surface area contributed by atoms with E-state index in [1.807, 2.05) is 0 Å². The number of likely N-dealkylation sites (tertiary alicyclic amines) is 1. The van der Waals surface area contributed by atoms with Gasteiger partial charge < -0.3 is 10.2 Å². The van der Waals surface area contributed by atoms with Crippen LogP contribution in [0.1, 0.15) is 40.5 Å². The molecular formula is C12H26N2. The number of hydrogen-bond donors (Lipinski definition) is 1. The third kappa shape index (κ3) is 3.58. The highest BCUT2D eigenvalue weighted by Crippen LogP contribution is 2.18. The molecule has 1 unspecified atom stereocenters. The maximum Gasteiger partial charge on any atom is 0.00821 e. The van der Waals surface area contributed by atoms with Gasteiger partial charge in [-0.15, -0.1) is 0 Å². The molecule has 1 saturated heterocycles. The molecular weight excluding hydrogens is 172 g/mol. The Labute approximate surface area is 89.1 Å². The van der Waals surface area contributed by atoms with Crippen LogP contribution in [-0.2, 0) is 0 Å². The highest BCUT2D eigenvalue weighted by molar-refractivity contribution is 4.79. The molecule has 0 radical (unpaired) electrons. The standard InChI is InChI=1S/C12H26N2/c1-5-13-12-6-7-14(10(2)3)9-11(4)8-12/h10-13H,5-9H2,1-4H3/t11-,12?/m1/s1. The molecule has 0 bridgehead atoms. The lowest BCUT2D eigenvalue weighted by atomic mass is 10.0. The lowest BCUT2D eigenvalue weighted by Gasteiger charge is -2.26. The zero-order valence-electron chi connectivity index (χ0n) is 10.2. The third-order valence-corrected chi connectivity index (χ3v) is 3.22. The molecule has 0 aromatic heterocycles. The molecule has 1 N–H and O–H groups in total. The van der Waals surface area contributed by atoms with E-state index in [0.29, 0.717) is 6.04 Å². The average Bonchev–Trinajstić information content (AvgIpc) is 2.28. The summed E-state index contributed by atoms with van der Waals surface area (Å²) < 4.78 is 0. The lowest BCUT2D eigenvalue weighted by molar-refractivity contribution is 0.208. The first kappa shape index (κ1) is 12.0. The molecule has 1 fully saturated rings. The van der Waals surface area contributed by atoms with Crippen molar-refractivity contribution in [3.8, 4) is 0 Å². The summed E-state index contributed by atoms with van der Waals surface area (Å²) in [6.07, 6.45) is 2.66. The predicted molar refractivity (Wildman–Crippen MR) is 62.6 cm³/mol. The Balaban J connectivity index is 2.44. The first-order valence-electron chi connectivity index (χ1n) is 6.11. The van der Waals surface area contributed by atoms with Crippen LogP contribution in [0.3, 0.4) is 0 Å². The van der Waals surface area contributed by atoms with Crippen LogP contribution < -0.4 is 5.32 Å². The quantitative estimate of drug-likeness (QED) is 0.747. The molecule has 1 heterocycles. The van der Waals surface area contributed by atoms with Gasteiger partial charge in [0.1, 0.15) is 0 Å². The third-order valence-electron chi connectivity index (χ3n) is 3.22. The zero-order valence-corrected chi connectivity index (χ0v) is 10.2. The second kappa shape index (κ2) is 5.72. The molecule has 0 aromatic carbocycles. The van der Waals surface area contributed by atoms with Crippen molar-refractivity contribution in [2.24, 2.45) is 5.92 Å². The highest BCUT2D eigenvalue weighted by atomic mass is 15.2. The molecule has 0 aromatic rings. The molecule has 1 aliphatic rings. The number of hydrogen-bond acceptors (Lipinski definition) is 2. The van der Waals surface area contributed by atoms with Gasteiger partial charge >= 0.3 is 0 Å². The molecule has 2 heteroatoms. The minimum atomic E-state index is 0.706. The Hall–Kier alpha value is -0.0800. The van der Waals surface area contributed by atoms with Crippen molar-refractivity contribution in [3.05, 3.63) is 0 Å². The van der Waals surface area contributed by atoms with Gasteiger partial charge in [0, 0.05) is 18.6 Å². The van der Waals surface area contributed by atoms with E-state index >= 15 is 0 Å². The van der Waals surface area contributed by atoms with Gasteiger partial charge in [0.05, 0.1) is 0 Å². The largest absolute Gasteiger partial charge is 0.314 e. The van der Waals surface area contributed by atoms with Crippen molar-refractivity contribution < 1.29 is 0 Å². The van der Waals surface area contributed by atoms with Gasteiger partial charge in [0.25, 0.3) is 0 Å². The van der Waals surface area contributed by atoms with E-state index < -0.39 is 0 Å². The minimum absolute atomic E-state index is 0.706. The van der Waals surface area contributed by atoms with Crippen LogP contribution in [0, 0.1) is 5.92 Å². The molecule has 0 spiro atoms. The second-order valence-electron chi connectivity index (χ2n) is 4.97. The van der Waals surface area contributed by atoms with Crippen molar-refractivity contribution in [1.29, 1.82) is 0 Å². The molecule has 2 atom stereocenters. The van der Waals surface area contributed by atoms with Crippen LogP contribution in [0.25, 0.3) is 0 Å². The van der Waals surface area contributed by atoms with Crippen LogP contribution in [0.2, 0.25) is 0 Å². The molecule has 2 nitrogen and oxygen atoms in total. The van der Waals surface area contributed by atoms with Gasteiger partial charge in [-0.25, -0.2) is 0 Å².